The summed E-state index contributed by atoms with van der Waals surface area (Å²) in [6.45, 7) is 5.05. The molecule has 1 fully saturated rings. The van der Waals surface area contributed by atoms with Crippen LogP contribution in [0.1, 0.15) is 75.1 Å². The summed E-state index contributed by atoms with van der Waals surface area (Å²) < 4.78 is 96.3. The number of aryl methyl sites for hydroxylation is 1. The van der Waals surface area contributed by atoms with Crippen LogP contribution in [0.2, 0.25) is 0 Å². The van der Waals surface area contributed by atoms with E-state index in [2.05, 4.69) is 20.4 Å². The quantitative estimate of drug-likeness (QED) is 0.105. The molecule has 2 N–H and O–H groups in total. The highest BCUT2D eigenvalue weighted by Gasteiger charge is 2.37. The number of alkyl carbamates (subject to hydrolysis) is 1. The van der Waals surface area contributed by atoms with Crippen molar-refractivity contribution in [3.05, 3.63) is 65.0 Å². The number of hydrogen-bond donors (Lipinski definition) is 2. The van der Waals surface area contributed by atoms with Crippen LogP contribution >= 0.6 is 0 Å². The van der Waals surface area contributed by atoms with Crippen LogP contribution < -0.4 is 10.1 Å². The number of aliphatic imine (C=N–C) groups is 1. The highest BCUT2D eigenvalue weighted by molar-refractivity contribution is 5.98. The molecular formula is C31H33F6N5O6. The number of alkyl halides is 6. The van der Waals surface area contributed by atoms with Crippen LogP contribution in [-0.4, -0.2) is 57.0 Å². The zero-order chi connectivity index (χ0) is 35.3. The van der Waals surface area contributed by atoms with Crippen LogP contribution in [0.4, 0.5) is 35.9 Å². The van der Waals surface area contributed by atoms with Crippen molar-refractivity contribution in [2.45, 2.75) is 76.9 Å². The van der Waals surface area contributed by atoms with E-state index in [4.69, 9.17) is 14.0 Å². The molecular weight excluding hydrogens is 652 g/mol. The number of nitrogens with one attached hydrogen (secondary N) is 1. The van der Waals surface area contributed by atoms with Crippen molar-refractivity contribution in [3.8, 4) is 17.1 Å². The van der Waals surface area contributed by atoms with Crippen LogP contribution in [0, 0.1) is 0 Å². The lowest BCUT2D eigenvalue weighted by Crippen LogP contribution is -2.46. The van der Waals surface area contributed by atoms with E-state index in [1.54, 1.807) is 20.8 Å². The smallest absolute Gasteiger partial charge is 0.434 e. The number of ether oxygens (including phenoxy) is 2. The van der Waals surface area contributed by atoms with Crippen LogP contribution in [0.5, 0.6) is 5.75 Å². The van der Waals surface area contributed by atoms with Crippen LogP contribution in [0.15, 0.2) is 52.0 Å². The molecule has 17 heteroatoms. The second-order valence-electron chi connectivity index (χ2n) is 11.9. The molecule has 4 rings (SSSR count). The highest BCUT2D eigenvalue weighted by Crippen LogP contribution is 2.39. The topological polar surface area (TPSA) is 139 Å². The molecule has 1 aliphatic heterocycles. The molecule has 3 aromatic rings. The van der Waals surface area contributed by atoms with Crippen molar-refractivity contribution in [3.63, 3.8) is 0 Å². The summed E-state index contributed by atoms with van der Waals surface area (Å²) in [5.41, 5.74) is -2.08. The minimum Gasteiger partial charge on any atom is -0.493 e. The predicted molar refractivity (Wildman–Crippen MR) is 158 cm³/mol. The molecule has 1 aromatic heterocycles. The first kappa shape index (κ1) is 36.0. The molecule has 2 amide bonds. The Hall–Kier alpha value is -4.83. The van der Waals surface area contributed by atoms with E-state index in [0.29, 0.717) is 37.7 Å². The lowest BCUT2D eigenvalue weighted by molar-refractivity contribution is -0.139. The maximum atomic E-state index is 14.0. The molecule has 0 unspecified atom stereocenters. The lowest BCUT2D eigenvalue weighted by atomic mass is 10.1. The van der Waals surface area contributed by atoms with Gasteiger partial charge in [-0.05, 0) is 88.8 Å². The summed E-state index contributed by atoms with van der Waals surface area (Å²) in [7, 11) is 0. The summed E-state index contributed by atoms with van der Waals surface area (Å²) in [5, 5.41) is 15.4. The molecule has 0 spiro atoms. The van der Waals surface area contributed by atoms with Crippen LogP contribution in [0.3, 0.4) is 0 Å². The summed E-state index contributed by atoms with van der Waals surface area (Å²) in [5.74, 6) is -0.954. The van der Waals surface area contributed by atoms with Crippen LogP contribution in [0.25, 0.3) is 11.4 Å². The molecule has 0 aliphatic carbocycles. The Morgan fingerprint density at radius 3 is 2.38 bits per heavy atom. The summed E-state index contributed by atoms with van der Waals surface area (Å²) in [4.78, 5) is 32.9. The minimum atomic E-state index is -4.80. The van der Waals surface area contributed by atoms with E-state index in [0.717, 1.165) is 24.3 Å². The Kier molecular flexibility index (Phi) is 10.9. The van der Waals surface area contributed by atoms with E-state index in [1.807, 2.05) is 0 Å². The van der Waals surface area contributed by atoms with E-state index >= 15 is 0 Å². The van der Waals surface area contributed by atoms with Gasteiger partial charge in [-0.1, -0.05) is 17.3 Å². The van der Waals surface area contributed by atoms with E-state index in [9.17, 15) is 41.0 Å². The number of halogens is 6. The first-order valence-corrected chi connectivity index (χ1v) is 14.8. The SMILES string of the molecule is CC(C)(C)OC(=O)N/C(=N\C(=O)O)N1CCC[C@H]1c1nc(-c2ccc(OCCCCc3ccc(C(F)(F)F)cc3)c(C(F)(F)F)c2)no1. The highest BCUT2D eigenvalue weighted by atomic mass is 19.4. The van der Waals surface area contributed by atoms with Gasteiger partial charge in [-0.25, -0.2) is 9.59 Å². The number of nitrogens with zero attached hydrogens (tertiary/aromatic N) is 4. The van der Waals surface area contributed by atoms with Gasteiger partial charge in [0.05, 0.1) is 17.7 Å². The van der Waals surface area contributed by atoms with E-state index < -0.39 is 53.1 Å². The Bertz CT molecular complexity index is 1620. The fourth-order valence-electron chi connectivity index (χ4n) is 4.90. The first-order chi connectivity index (χ1) is 22.4. The number of hydrogen-bond acceptors (Lipinski definition) is 7. The molecule has 260 valence electrons. The lowest BCUT2D eigenvalue weighted by Gasteiger charge is -2.26. The Labute approximate surface area is 270 Å². The molecule has 0 radical (unpaired) electrons. The molecule has 1 aliphatic rings. The molecule has 1 atom stereocenters. The number of likely N-dealkylation sites (tertiary alicyclic amines) is 1. The standard InChI is InChI=1S/C31H33F6N5O6/c1-29(2,3)47-28(45)40-26(39-27(43)44)42-15-6-8-22(42)25-38-24(41-48-25)19-11-14-23(21(17-19)31(35,36)37)46-16-5-4-7-18-9-12-20(13-10-18)30(32,33)34/h9-14,17,22H,4-8,15-16H2,1-3H3,(H,43,44)(H,39,40,45)/t22-/m0/s1. The second kappa shape index (κ2) is 14.5. The van der Waals surface area contributed by atoms with Crippen molar-refractivity contribution in [1.82, 2.24) is 20.4 Å². The number of benzene rings is 2. The third-order valence-electron chi connectivity index (χ3n) is 7.01. The van der Waals surface area contributed by atoms with Gasteiger partial charge in [-0.3, -0.25) is 5.32 Å². The fourth-order valence-corrected chi connectivity index (χ4v) is 4.90. The average molecular weight is 686 g/mol. The largest absolute Gasteiger partial charge is 0.493 e. The first-order valence-electron chi connectivity index (χ1n) is 14.8. The zero-order valence-corrected chi connectivity index (χ0v) is 26.1. The van der Waals surface area contributed by atoms with Crippen molar-refractivity contribution in [2.75, 3.05) is 13.2 Å². The van der Waals surface area contributed by atoms with Gasteiger partial charge in [0.2, 0.25) is 17.7 Å². The van der Waals surface area contributed by atoms with Gasteiger partial charge in [0.15, 0.2) is 0 Å². The molecule has 11 nitrogen and oxygen atoms in total. The maximum Gasteiger partial charge on any atom is 0.434 e. The third-order valence-corrected chi connectivity index (χ3v) is 7.01. The molecule has 2 heterocycles. The number of aromatic nitrogens is 2. The average Bonchev–Trinajstić information content (AvgIpc) is 3.65. The van der Waals surface area contributed by atoms with E-state index in [1.165, 1.54) is 23.1 Å². The fraction of sp³-hybridized carbons (Fsp3) is 0.452. The summed E-state index contributed by atoms with van der Waals surface area (Å²) in [6, 6.07) is 7.22. The maximum absolute atomic E-state index is 14.0. The second-order valence-corrected chi connectivity index (χ2v) is 11.9. The Morgan fingerprint density at radius 1 is 1.04 bits per heavy atom. The van der Waals surface area contributed by atoms with Gasteiger partial charge >= 0.3 is 24.5 Å². The molecule has 48 heavy (non-hydrogen) atoms. The molecule has 1 saturated heterocycles. The van der Waals surface area contributed by atoms with Gasteiger partial charge < -0.3 is 24.0 Å². The van der Waals surface area contributed by atoms with Gasteiger partial charge in [0, 0.05) is 12.1 Å². The number of carbonyl (C=O) groups is 2. The molecule has 0 saturated carbocycles. The number of rotatable bonds is 8. The van der Waals surface area contributed by atoms with Gasteiger partial charge in [-0.15, -0.1) is 4.99 Å². The monoisotopic (exact) mass is 685 g/mol. The summed E-state index contributed by atoms with van der Waals surface area (Å²) in [6.07, 6.45) is -9.61. The predicted octanol–water partition coefficient (Wildman–Crippen LogP) is 7.87. The van der Waals surface area contributed by atoms with Gasteiger partial charge in [0.1, 0.15) is 17.4 Å². The third kappa shape index (κ3) is 9.84. The molecule has 2 aromatic carbocycles. The zero-order valence-electron chi connectivity index (χ0n) is 26.1. The van der Waals surface area contributed by atoms with Crippen LogP contribution in [-0.2, 0) is 23.5 Å². The number of carbonyl (C=O) groups excluding carboxylic acids is 1. The number of carboxylic acid groups (broad SMARTS) is 1. The van der Waals surface area contributed by atoms with Crippen molar-refractivity contribution in [2.24, 2.45) is 4.99 Å². The van der Waals surface area contributed by atoms with E-state index in [-0.39, 0.29) is 36.4 Å². The van der Waals surface area contributed by atoms with Gasteiger partial charge in [0.25, 0.3) is 0 Å². The van der Waals surface area contributed by atoms with Gasteiger partial charge in [-0.2, -0.15) is 31.3 Å². The number of amides is 2. The number of unbranched alkanes of at least 4 members (excludes halogenated alkanes) is 1. The van der Waals surface area contributed by atoms with Crippen molar-refractivity contribution in [1.29, 1.82) is 0 Å². The molecule has 0 bridgehead atoms. The normalized spacial score (nSPS) is 15.8. The Morgan fingerprint density at radius 2 is 1.75 bits per heavy atom. The Balaban J connectivity index is 1.43. The number of guanidine groups is 1. The van der Waals surface area contributed by atoms with Crippen molar-refractivity contribution < 1.29 is 55.0 Å². The minimum absolute atomic E-state index is 0.0252. The summed E-state index contributed by atoms with van der Waals surface area (Å²) >= 11 is 0. The van der Waals surface area contributed by atoms with Crippen molar-refractivity contribution >= 4 is 18.1 Å².